The van der Waals surface area contributed by atoms with Gasteiger partial charge in [0, 0.05) is 19.3 Å². The van der Waals surface area contributed by atoms with Gasteiger partial charge in [-0.25, -0.2) is 4.57 Å². The maximum Gasteiger partial charge on any atom is 0.472 e. The van der Waals surface area contributed by atoms with E-state index >= 15 is 0 Å². The zero-order valence-corrected chi connectivity index (χ0v) is 63.4. The first kappa shape index (κ1) is 93.2. The van der Waals surface area contributed by atoms with Crippen molar-refractivity contribution in [3.63, 3.8) is 0 Å². The summed E-state index contributed by atoms with van der Waals surface area (Å²) in [6.45, 7) is 3.51. The Balaban J connectivity index is 1.70. The Hall–Kier alpha value is -2.04. The highest BCUT2D eigenvalue weighted by molar-refractivity contribution is 7.47. The summed E-state index contributed by atoms with van der Waals surface area (Å²) >= 11 is 0. The Morgan fingerprint density at radius 3 is 0.970 bits per heavy atom. The Bertz CT molecular complexity index is 2080. The molecule has 1 saturated carbocycles. The van der Waals surface area contributed by atoms with Gasteiger partial charge in [-0.3, -0.25) is 23.4 Å². The number of carbonyl (C=O) groups excluding carboxylic acids is 3. The monoisotopic (exact) mass is 1470 g/mol. The van der Waals surface area contributed by atoms with E-state index in [0.717, 1.165) is 89.9 Å². The minimum Gasteiger partial charge on any atom is -0.463 e. The van der Waals surface area contributed by atoms with Crippen LogP contribution in [0.2, 0.25) is 0 Å². The first-order chi connectivity index (χ1) is 48.8. The molecule has 11 N–H and O–H groups in total. The quantitative estimate of drug-likeness (QED) is 0.0117. The van der Waals surface area contributed by atoms with E-state index in [9.17, 15) is 74.9 Å². The molecule has 0 bridgehead atoms. The van der Waals surface area contributed by atoms with Crippen LogP contribution in [0.5, 0.6) is 0 Å². The predicted octanol–water partition coefficient (Wildman–Crippen LogP) is 12.1. The summed E-state index contributed by atoms with van der Waals surface area (Å²) in [6.07, 6.45) is 17.1. The average Bonchev–Trinajstić information content (AvgIpc) is 0.762. The van der Waals surface area contributed by atoms with Gasteiger partial charge in [-0.1, -0.05) is 297 Å². The average molecular weight is 1470 g/mol. The number of aliphatic hydroxyl groups is 10. The standard InChI is InChI=1S/C76H143O24P/c1-4-7-10-13-16-19-22-25-28-29-31-33-36-38-41-44-47-50-60(78)92-54-57(95-62(80)52-49-46-43-40-37-34-30-26-23-20-17-14-11-8-5-2)55-94-101(90,91)100-74-72(98-75-70(88)65(83)63(81)58(53-77)96-75)68(86)67(85)69(87)73(74)99-76-71(89)66(84)64(82)59(97-76)56-93-61(79)51-48-45-42-39-35-32-27-24-21-18-15-12-9-6-3/h57-59,63-77,81-89H,4-56H2,1-3H3,(H,90,91). The van der Waals surface area contributed by atoms with Crippen LogP contribution in [0.15, 0.2) is 0 Å². The van der Waals surface area contributed by atoms with Crippen molar-refractivity contribution in [1.29, 1.82) is 0 Å². The van der Waals surface area contributed by atoms with E-state index in [1.54, 1.807) is 0 Å². The van der Waals surface area contributed by atoms with Gasteiger partial charge in [0.2, 0.25) is 0 Å². The van der Waals surface area contributed by atoms with Gasteiger partial charge < -0.3 is 89.1 Å². The lowest BCUT2D eigenvalue weighted by Crippen LogP contribution is -2.69. The molecule has 596 valence electrons. The van der Waals surface area contributed by atoms with Crippen LogP contribution in [0.25, 0.3) is 0 Å². The number of esters is 3. The van der Waals surface area contributed by atoms with Gasteiger partial charge in [0.25, 0.3) is 0 Å². The predicted molar refractivity (Wildman–Crippen MR) is 384 cm³/mol. The smallest absolute Gasteiger partial charge is 0.463 e. The number of unbranched alkanes of at least 4 members (excludes halogenated alkanes) is 43. The van der Waals surface area contributed by atoms with Crippen LogP contribution in [0.1, 0.15) is 335 Å². The van der Waals surface area contributed by atoms with Crippen LogP contribution in [0.3, 0.4) is 0 Å². The third-order valence-electron chi connectivity index (χ3n) is 20.1. The van der Waals surface area contributed by atoms with Crippen LogP contribution >= 0.6 is 7.82 Å². The normalized spacial score (nSPS) is 27.1. The summed E-state index contributed by atoms with van der Waals surface area (Å²) in [7, 11) is -5.69. The van der Waals surface area contributed by atoms with E-state index in [0.29, 0.717) is 19.3 Å². The molecule has 2 heterocycles. The lowest BCUT2D eigenvalue weighted by Gasteiger charge is -2.49. The fourth-order valence-electron chi connectivity index (χ4n) is 13.6. The molecule has 18 atom stereocenters. The highest BCUT2D eigenvalue weighted by atomic mass is 31.2. The molecule has 25 heteroatoms. The van der Waals surface area contributed by atoms with Crippen LogP contribution in [-0.4, -0.2) is 204 Å². The largest absolute Gasteiger partial charge is 0.472 e. The molecule has 0 aromatic rings. The summed E-state index contributed by atoms with van der Waals surface area (Å²) in [5.41, 5.74) is 0. The molecule has 3 rings (SSSR count). The second kappa shape index (κ2) is 58.0. The SMILES string of the molecule is CCCCCCCCCCCCCCCCCCCC(=O)OCC(COP(=O)(O)OC1C(OC2OC(CO)C(O)C(O)C2O)C(O)C(O)C(O)C1OC1OC(COC(=O)CCCCCCCCCCCCCCCC)C(O)C(O)C1O)OC(=O)CCCCCCCCCCCCCCCCC. The van der Waals surface area contributed by atoms with Crippen LogP contribution in [0.4, 0.5) is 0 Å². The molecule has 1 aliphatic carbocycles. The van der Waals surface area contributed by atoms with Gasteiger partial charge in [-0.15, -0.1) is 0 Å². The van der Waals surface area contributed by atoms with E-state index < -0.39 is 156 Å². The molecular weight excluding hydrogens is 1330 g/mol. The highest BCUT2D eigenvalue weighted by Gasteiger charge is 2.58. The second-order valence-corrected chi connectivity index (χ2v) is 30.6. The summed E-state index contributed by atoms with van der Waals surface area (Å²) in [5, 5.41) is 110. The number of rotatable bonds is 64. The first-order valence-corrected chi connectivity index (χ1v) is 41.8. The summed E-state index contributed by atoms with van der Waals surface area (Å²) in [4.78, 5) is 51.1. The number of aliphatic hydroxyl groups excluding tert-OH is 10. The first-order valence-electron chi connectivity index (χ1n) is 40.3. The van der Waals surface area contributed by atoms with Crippen LogP contribution < -0.4 is 0 Å². The Morgan fingerprint density at radius 2 is 0.634 bits per heavy atom. The molecule has 18 unspecified atom stereocenters. The zero-order chi connectivity index (χ0) is 73.9. The fourth-order valence-corrected chi connectivity index (χ4v) is 14.5. The van der Waals surface area contributed by atoms with Crippen LogP contribution in [-0.2, 0) is 61.2 Å². The van der Waals surface area contributed by atoms with Crippen molar-refractivity contribution in [3.8, 4) is 0 Å². The summed E-state index contributed by atoms with van der Waals surface area (Å²) < 4.78 is 65.2. The van der Waals surface area contributed by atoms with Crippen molar-refractivity contribution in [2.75, 3.05) is 26.4 Å². The summed E-state index contributed by atoms with van der Waals surface area (Å²) in [5.74, 6) is -1.97. The lowest BCUT2D eigenvalue weighted by molar-refractivity contribution is -0.360. The number of carbonyl (C=O) groups is 3. The van der Waals surface area contributed by atoms with Crippen molar-refractivity contribution in [2.24, 2.45) is 0 Å². The third-order valence-corrected chi connectivity index (χ3v) is 21.1. The molecule has 2 aliphatic heterocycles. The molecule has 0 radical (unpaired) electrons. The number of phosphoric ester groups is 1. The van der Waals surface area contributed by atoms with Crippen molar-refractivity contribution < 1.29 is 117 Å². The number of hydrogen-bond acceptors (Lipinski definition) is 23. The Morgan fingerprint density at radius 1 is 0.347 bits per heavy atom. The molecule has 3 fully saturated rings. The Kier molecular flexibility index (Phi) is 53.5. The maximum atomic E-state index is 14.4. The second-order valence-electron chi connectivity index (χ2n) is 29.2. The maximum absolute atomic E-state index is 14.4. The van der Waals surface area contributed by atoms with Gasteiger partial charge in [0.05, 0.1) is 13.2 Å². The summed E-state index contributed by atoms with van der Waals surface area (Å²) in [6, 6.07) is 0. The number of ether oxygens (including phenoxy) is 7. The van der Waals surface area contributed by atoms with Crippen LogP contribution in [0, 0.1) is 0 Å². The minimum atomic E-state index is -5.69. The van der Waals surface area contributed by atoms with Crippen molar-refractivity contribution in [1.82, 2.24) is 0 Å². The minimum absolute atomic E-state index is 0.0327. The van der Waals surface area contributed by atoms with Gasteiger partial charge >= 0.3 is 25.7 Å². The van der Waals surface area contributed by atoms with E-state index in [2.05, 4.69) is 20.8 Å². The van der Waals surface area contributed by atoms with Crippen molar-refractivity contribution in [2.45, 2.75) is 440 Å². The third kappa shape index (κ3) is 40.7. The molecule has 0 amide bonds. The van der Waals surface area contributed by atoms with Crippen molar-refractivity contribution in [3.05, 3.63) is 0 Å². The molecule has 24 nitrogen and oxygen atoms in total. The van der Waals surface area contributed by atoms with Gasteiger partial charge in [0.15, 0.2) is 18.7 Å². The fraction of sp³-hybridized carbons (Fsp3) is 0.961. The van der Waals surface area contributed by atoms with E-state index in [1.807, 2.05) is 0 Å². The topological polar surface area (TPSA) is 374 Å². The number of hydrogen-bond donors (Lipinski definition) is 11. The highest BCUT2D eigenvalue weighted by Crippen LogP contribution is 2.49. The molecule has 3 aliphatic rings. The number of phosphoric acid groups is 1. The molecular formula is C76H143O24P. The molecule has 0 spiro atoms. The van der Waals surface area contributed by atoms with E-state index in [4.69, 9.17) is 42.2 Å². The molecule has 2 saturated heterocycles. The molecule has 0 aromatic carbocycles. The molecule has 101 heavy (non-hydrogen) atoms. The van der Waals surface area contributed by atoms with E-state index in [-0.39, 0.29) is 19.3 Å². The zero-order valence-electron chi connectivity index (χ0n) is 62.5. The van der Waals surface area contributed by atoms with Crippen molar-refractivity contribution >= 4 is 25.7 Å². The van der Waals surface area contributed by atoms with Gasteiger partial charge in [-0.05, 0) is 19.3 Å². The molecule has 0 aromatic heterocycles. The Labute approximate surface area is 606 Å². The van der Waals surface area contributed by atoms with E-state index in [1.165, 1.54) is 186 Å². The lowest BCUT2D eigenvalue weighted by atomic mass is 9.84. The van der Waals surface area contributed by atoms with Gasteiger partial charge in [-0.2, -0.15) is 0 Å². The van der Waals surface area contributed by atoms with Gasteiger partial charge in [0.1, 0.15) is 98.7 Å².